The molecule has 0 unspecified atom stereocenters. The molecule has 1 aliphatic heterocycles. The van der Waals surface area contributed by atoms with E-state index in [9.17, 15) is 0 Å². The van der Waals surface area contributed by atoms with Crippen LogP contribution in [0.2, 0.25) is 0 Å². The molecule has 1 atom stereocenters. The van der Waals surface area contributed by atoms with Crippen molar-refractivity contribution in [1.82, 2.24) is 9.88 Å². The van der Waals surface area contributed by atoms with Gasteiger partial charge in [0.2, 0.25) is 0 Å². The highest BCUT2D eigenvalue weighted by Gasteiger charge is 2.25. The summed E-state index contributed by atoms with van der Waals surface area (Å²) < 4.78 is 7.54. The normalized spacial score (nSPS) is 22.5. The minimum atomic E-state index is 0.563. The van der Waals surface area contributed by atoms with Crippen molar-refractivity contribution in [1.29, 1.82) is 0 Å². The van der Waals surface area contributed by atoms with Crippen molar-refractivity contribution in [3.8, 4) is 0 Å². The molecule has 0 radical (unpaired) electrons. The van der Waals surface area contributed by atoms with Gasteiger partial charge in [0.15, 0.2) is 5.13 Å². The van der Waals surface area contributed by atoms with Crippen LogP contribution in [0.25, 0.3) is 0 Å². The van der Waals surface area contributed by atoms with Gasteiger partial charge in [-0.3, -0.25) is 0 Å². The topological polar surface area (TPSA) is 19.4 Å². The highest BCUT2D eigenvalue weighted by molar-refractivity contribution is 7.13. The van der Waals surface area contributed by atoms with Crippen LogP contribution < -0.4 is 4.90 Å². The molecule has 2 rings (SSSR count). The molecule has 0 N–H and O–H groups in total. The van der Waals surface area contributed by atoms with E-state index >= 15 is 0 Å². The molecule has 3 nitrogen and oxygen atoms in total. The molecule has 15 heavy (non-hydrogen) atoms. The third-order valence-electron chi connectivity index (χ3n) is 2.91. The van der Waals surface area contributed by atoms with Gasteiger partial charge in [0.25, 0.3) is 0 Å². The van der Waals surface area contributed by atoms with Crippen molar-refractivity contribution in [2.75, 3.05) is 32.1 Å². The first-order valence-electron chi connectivity index (χ1n) is 6.00. The predicted molar refractivity (Wildman–Crippen MR) is 65.7 cm³/mol. The maximum atomic E-state index is 7.54. The summed E-state index contributed by atoms with van der Waals surface area (Å²) in [6.45, 7) is 2.23. The van der Waals surface area contributed by atoms with Crippen molar-refractivity contribution >= 4 is 16.5 Å². The number of rotatable bonds is 4. The first kappa shape index (κ1) is 9.60. The van der Waals surface area contributed by atoms with Crippen molar-refractivity contribution < 1.29 is 1.37 Å². The molecule has 1 aromatic rings. The number of hydrogen-bond donors (Lipinski definition) is 0. The molecule has 1 fully saturated rings. The first-order chi connectivity index (χ1) is 7.66. The molecule has 0 aromatic carbocycles. The molecule has 0 aliphatic carbocycles. The predicted octanol–water partition coefficient (Wildman–Crippen LogP) is 2.06. The summed E-state index contributed by atoms with van der Waals surface area (Å²) in [6.07, 6.45) is 5.37. The molecular weight excluding hydrogens is 206 g/mol. The Morgan fingerprint density at radius 2 is 2.60 bits per heavy atom. The zero-order valence-corrected chi connectivity index (χ0v) is 10.3. The summed E-state index contributed by atoms with van der Waals surface area (Å²) in [7, 11) is 4.23. The van der Waals surface area contributed by atoms with E-state index in [1.807, 2.05) is 0 Å². The maximum Gasteiger partial charge on any atom is 0.185 e. The zero-order valence-electron chi connectivity index (χ0n) is 10.4. The lowest BCUT2D eigenvalue weighted by molar-refractivity contribution is 0.380. The van der Waals surface area contributed by atoms with Gasteiger partial charge >= 0.3 is 0 Å². The SMILES string of the molecule is [2H]c1cnc(N2CCC[C@H]2CCN(C)C)s1. The standard InChI is InChI=1S/C11H19N3S/c1-13(2)8-5-10-4-3-7-14(10)11-12-6-9-15-11/h6,9-10H,3-5,7-8H2,1-2H3/t10-/m0/s1/i9D. The van der Waals surface area contributed by atoms with Crippen LogP contribution in [0, 0.1) is 0 Å². The second-order valence-corrected chi connectivity index (χ2v) is 5.15. The van der Waals surface area contributed by atoms with E-state index in [0.717, 1.165) is 18.2 Å². The van der Waals surface area contributed by atoms with Gasteiger partial charge in [-0.15, -0.1) is 11.3 Å². The summed E-state index contributed by atoms with van der Waals surface area (Å²) in [6, 6.07) is 0.618. The Balaban J connectivity index is 1.98. The second kappa shape index (κ2) is 4.94. The number of aromatic nitrogens is 1. The lowest BCUT2D eigenvalue weighted by Crippen LogP contribution is -2.31. The molecule has 84 valence electrons. The summed E-state index contributed by atoms with van der Waals surface area (Å²) >= 11 is 1.49. The Labute approximate surface area is 97.1 Å². The molecule has 0 spiro atoms. The van der Waals surface area contributed by atoms with Crippen LogP contribution in [0.4, 0.5) is 5.13 Å². The summed E-state index contributed by atoms with van der Waals surface area (Å²) in [5.74, 6) is 0. The maximum absolute atomic E-state index is 7.54. The molecule has 0 amide bonds. The lowest BCUT2D eigenvalue weighted by Gasteiger charge is -2.25. The van der Waals surface area contributed by atoms with E-state index in [2.05, 4.69) is 28.9 Å². The summed E-state index contributed by atoms with van der Waals surface area (Å²) in [5, 5.41) is 1.60. The zero-order chi connectivity index (χ0) is 11.5. The van der Waals surface area contributed by atoms with E-state index in [1.54, 1.807) is 6.20 Å². The average Bonchev–Trinajstić information content (AvgIpc) is 2.82. The van der Waals surface area contributed by atoms with Crippen molar-refractivity contribution in [3.05, 3.63) is 11.6 Å². The quantitative estimate of drug-likeness (QED) is 0.783. The van der Waals surface area contributed by atoms with E-state index < -0.39 is 0 Å². The molecule has 1 aliphatic rings. The fraction of sp³-hybridized carbons (Fsp3) is 0.727. The number of nitrogens with zero attached hydrogens (tertiary/aromatic N) is 3. The van der Waals surface area contributed by atoms with Crippen LogP contribution in [-0.2, 0) is 0 Å². The highest BCUT2D eigenvalue weighted by Crippen LogP contribution is 2.28. The number of hydrogen-bond acceptors (Lipinski definition) is 4. The molecular formula is C11H19N3S. The Hall–Kier alpha value is -0.610. The van der Waals surface area contributed by atoms with Gasteiger partial charge in [0.1, 0.15) is 0 Å². The summed E-state index contributed by atoms with van der Waals surface area (Å²) in [4.78, 5) is 8.93. The van der Waals surface area contributed by atoms with Crippen LogP contribution in [0.5, 0.6) is 0 Å². The molecule has 1 saturated heterocycles. The minimum absolute atomic E-state index is 0.563. The molecule has 0 bridgehead atoms. The summed E-state index contributed by atoms with van der Waals surface area (Å²) in [5.41, 5.74) is 0. The van der Waals surface area contributed by atoms with Gasteiger partial charge in [-0.2, -0.15) is 0 Å². The third kappa shape index (κ3) is 2.69. The van der Waals surface area contributed by atoms with Gasteiger partial charge < -0.3 is 9.80 Å². The monoisotopic (exact) mass is 226 g/mol. The Kier molecular flexibility index (Phi) is 3.17. The Morgan fingerprint density at radius 3 is 3.27 bits per heavy atom. The van der Waals surface area contributed by atoms with Gasteiger partial charge in [-0.25, -0.2) is 4.98 Å². The third-order valence-corrected chi connectivity index (χ3v) is 3.66. The lowest BCUT2D eigenvalue weighted by atomic mass is 10.1. The highest BCUT2D eigenvalue weighted by atomic mass is 32.1. The van der Waals surface area contributed by atoms with E-state index in [1.165, 1.54) is 30.6 Å². The van der Waals surface area contributed by atoms with E-state index in [-0.39, 0.29) is 0 Å². The van der Waals surface area contributed by atoms with Crippen molar-refractivity contribution in [2.45, 2.75) is 25.3 Å². The van der Waals surface area contributed by atoms with Crippen molar-refractivity contribution in [2.24, 2.45) is 0 Å². The largest absolute Gasteiger partial charge is 0.345 e. The molecule has 0 saturated carbocycles. The Bertz CT molecular complexity index is 340. The number of thiazole rings is 1. The van der Waals surface area contributed by atoms with Crippen LogP contribution in [0.3, 0.4) is 0 Å². The average molecular weight is 226 g/mol. The molecule has 2 heterocycles. The fourth-order valence-electron chi connectivity index (χ4n) is 2.11. The Morgan fingerprint density at radius 1 is 1.73 bits per heavy atom. The van der Waals surface area contributed by atoms with Gasteiger partial charge in [-0.05, 0) is 39.9 Å². The smallest absolute Gasteiger partial charge is 0.185 e. The molecule has 4 heteroatoms. The van der Waals surface area contributed by atoms with Crippen LogP contribution in [0.15, 0.2) is 11.6 Å². The fourth-order valence-corrected chi connectivity index (χ4v) is 2.79. The van der Waals surface area contributed by atoms with Crippen LogP contribution >= 0.6 is 11.3 Å². The van der Waals surface area contributed by atoms with E-state index in [0.29, 0.717) is 11.4 Å². The van der Waals surface area contributed by atoms with Crippen LogP contribution in [-0.4, -0.2) is 43.1 Å². The van der Waals surface area contributed by atoms with Gasteiger partial charge in [-0.1, -0.05) is 0 Å². The van der Waals surface area contributed by atoms with Crippen LogP contribution in [0.1, 0.15) is 20.6 Å². The van der Waals surface area contributed by atoms with Gasteiger partial charge in [0.05, 0.1) is 1.37 Å². The van der Waals surface area contributed by atoms with E-state index in [4.69, 9.17) is 1.37 Å². The first-order valence-corrected chi connectivity index (χ1v) is 6.32. The molecule has 1 aromatic heterocycles. The van der Waals surface area contributed by atoms with Gasteiger partial charge in [0, 0.05) is 24.1 Å². The van der Waals surface area contributed by atoms with Crippen molar-refractivity contribution in [3.63, 3.8) is 0 Å². The number of anilines is 1. The minimum Gasteiger partial charge on any atom is -0.345 e. The second-order valence-electron chi connectivity index (χ2n) is 4.34.